The lowest BCUT2D eigenvalue weighted by Crippen LogP contribution is -2.63. The fourth-order valence-corrected chi connectivity index (χ4v) is 7.13. The molecule has 0 aromatic rings. The zero-order valence-electron chi connectivity index (χ0n) is 22.7. The molecule has 3 rings (SSSR count). The lowest BCUT2D eigenvalue weighted by atomic mass is 9.79. The summed E-state index contributed by atoms with van der Waals surface area (Å²) in [5.41, 5.74) is 0.104. The molecule has 0 saturated carbocycles. The van der Waals surface area contributed by atoms with E-state index >= 15 is 0 Å². The molecule has 3 N–H and O–H groups in total. The van der Waals surface area contributed by atoms with Crippen molar-refractivity contribution in [1.29, 1.82) is 0 Å². The number of aliphatic hydroxyl groups excluding tert-OH is 1. The third-order valence-corrected chi connectivity index (χ3v) is 9.06. The lowest BCUT2D eigenvalue weighted by molar-refractivity contribution is -0.164. The Labute approximate surface area is 238 Å². The molecule has 2 fully saturated rings. The summed E-state index contributed by atoms with van der Waals surface area (Å²) >= 11 is 1.29. The molecular formula is C25H36N4O9S2. The van der Waals surface area contributed by atoms with Gasteiger partial charge in [0.25, 0.3) is 0 Å². The number of thioether (sulfide) groups is 1. The third kappa shape index (κ3) is 6.87. The second-order valence-corrected chi connectivity index (χ2v) is 13.0. The molecule has 15 heteroatoms. The average Bonchev–Trinajstić information content (AvgIpc) is 3.40. The van der Waals surface area contributed by atoms with Gasteiger partial charge in [0.05, 0.1) is 24.3 Å². The molecule has 2 unspecified atom stereocenters. The maximum atomic E-state index is 13.0. The van der Waals surface area contributed by atoms with Crippen LogP contribution in [0.25, 0.3) is 0 Å². The fourth-order valence-electron chi connectivity index (χ4n) is 5.14. The highest BCUT2D eigenvalue weighted by molar-refractivity contribution is 8.03. The van der Waals surface area contributed by atoms with Crippen LogP contribution in [0, 0.1) is 11.8 Å². The molecule has 3 aliphatic heterocycles. The van der Waals surface area contributed by atoms with E-state index in [1.54, 1.807) is 0 Å². The van der Waals surface area contributed by atoms with E-state index in [2.05, 4.69) is 23.2 Å². The maximum Gasteiger partial charge on any atom is 0.410 e. The Hall–Kier alpha value is -2.88. The van der Waals surface area contributed by atoms with E-state index in [0.29, 0.717) is 4.91 Å². The number of aliphatic hydroxyl groups is 1. The molecule has 6 atom stereocenters. The van der Waals surface area contributed by atoms with E-state index in [9.17, 15) is 32.7 Å². The molecule has 3 heterocycles. The number of nitrogens with zero attached hydrogens (tertiary/aromatic N) is 2. The Kier molecular flexibility index (Phi) is 10.4. The third-order valence-electron chi connectivity index (χ3n) is 6.84. The van der Waals surface area contributed by atoms with Gasteiger partial charge in [-0.2, -0.15) is 0 Å². The summed E-state index contributed by atoms with van der Waals surface area (Å²) < 4.78 is 35.3. The number of esters is 1. The maximum absolute atomic E-state index is 13.0. The fraction of sp³-hybridized carbons (Fsp3) is 0.600. The van der Waals surface area contributed by atoms with Gasteiger partial charge >= 0.3 is 12.1 Å². The van der Waals surface area contributed by atoms with Crippen molar-refractivity contribution in [3.63, 3.8) is 0 Å². The first kappa shape index (κ1) is 31.6. The number of amides is 3. The van der Waals surface area contributed by atoms with Crippen LogP contribution in [0.2, 0.25) is 0 Å². The molecule has 0 aliphatic carbocycles. The van der Waals surface area contributed by atoms with Crippen molar-refractivity contribution in [2.24, 2.45) is 11.8 Å². The number of likely N-dealkylation sites (tertiary alicyclic amines) is 1. The molecule has 0 spiro atoms. The SMILES string of the molecule is C=CCOC(=O)C1=C(S[C@H]2C[C@@H](C(=O)NCCNS(C)(=O)=O)N(C(=O)OCC=C)C2)[C@H](C)C2C([C@@H](C)O)C(=O)N12. The molecule has 0 aromatic carbocycles. The number of β-lactam (4-membered cyclic amide) rings is 1. The van der Waals surface area contributed by atoms with Gasteiger partial charge in [0.15, 0.2) is 0 Å². The molecular weight excluding hydrogens is 564 g/mol. The summed E-state index contributed by atoms with van der Waals surface area (Å²) in [6.07, 6.45) is 2.41. The van der Waals surface area contributed by atoms with E-state index in [-0.39, 0.29) is 62.0 Å². The second kappa shape index (κ2) is 13.2. The summed E-state index contributed by atoms with van der Waals surface area (Å²) in [4.78, 5) is 55.0. The van der Waals surface area contributed by atoms with Crippen LogP contribution in [0.1, 0.15) is 20.3 Å². The Morgan fingerprint density at radius 2 is 1.85 bits per heavy atom. The van der Waals surface area contributed by atoms with Gasteiger partial charge in [0, 0.05) is 35.7 Å². The van der Waals surface area contributed by atoms with Gasteiger partial charge in [-0.25, -0.2) is 22.7 Å². The summed E-state index contributed by atoms with van der Waals surface area (Å²) in [6, 6.07) is -1.33. The quantitative estimate of drug-likeness (QED) is 0.113. The summed E-state index contributed by atoms with van der Waals surface area (Å²) in [6.45, 7) is 10.5. The van der Waals surface area contributed by atoms with Crippen molar-refractivity contribution in [3.05, 3.63) is 35.9 Å². The Balaban J connectivity index is 1.82. The number of ether oxygens (including phenoxy) is 2. The van der Waals surface area contributed by atoms with Gasteiger partial charge in [-0.05, 0) is 13.3 Å². The van der Waals surface area contributed by atoms with Crippen molar-refractivity contribution < 1.29 is 42.2 Å². The predicted molar refractivity (Wildman–Crippen MR) is 147 cm³/mol. The van der Waals surface area contributed by atoms with E-state index in [1.807, 2.05) is 6.92 Å². The number of hydrogen-bond donors (Lipinski definition) is 3. The van der Waals surface area contributed by atoms with Gasteiger partial charge in [-0.3, -0.25) is 14.5 Å². The van der Waals surface area contributed by atoms with Crippen LogP contribution in [-0.4, -0.2) is 110 Å². The van der Waals surface area contributed by atoms with Crippen molar-refractivity contribution in [1.82, 2.24) is 19.8 Å². The van der Waals surface area contributed by atoms with Gasteiger partial charge in [0.1, 0.15) is 25.0 Å². The van der Waals surface area contributed by atoms with Crippen LogP contribution in [0.5, 0.6) is 0 Å². The highest BCUT2D eigenvalue weighted by Crippen LogP contribution is 2.52. The largest absolute Gasteiger partial charge is 0.457 e. The first-order valence-corrected chi connectivity index (χ1v) is 15.6. The number of fused-ring (bicyclic) bond motifs is 1. The highest BCUT2D eigenvalue weighted by atomic mass is 32.2. The average molecular weight is 601 g/mol. The molecule has 0 radical (unpaired) electrons. The number of carbonyl (C=O) groups excluding carboxylic acids is 4. The minimum absolute atomic E-state index is 0.0106. The Bertz CT molecular complexity index is 1190. The summed E-state index contributed by atoms with van der Waals surface area (Å²) in [7, 11) is -3.43. The zero-order chi connectivity index (χ0) is 29.8. The predicted octanol–water partition coefficient (Wildman–Crippen LogP) is -0.0512. The van der Waals surface area contributed by atoms with Crippen LogP contribution in [0.4, 0.5) is 4.79 Å². The molecule has 0 bridgehead atoms. The van der Waals surface area contributed by atoms with E-state index < -0.39 is 52.1 Å². The molecule has 222 valence electrons. The smallest absolute Gasteiger partial charge is 0.410 e. The van der Waals surface area contributed by atoms with E-state index in [4.69, 9.17) is 9.47 Å². The molecule has 13 nitrogen and oxygen atoms in total. The highest BCUT2D eigenvalue weighted by Gasteiger charge is 2.60. The van der Waals surface area contributed by atoms with Crippen LogP contribution in [0.3, 0.4) is 0 Å². The van der Waals surface area contributed by atoms with Gasteiger partial charge in [0.2, 0.25) is 21.8 Å². The van der Waals surface area contributed by atoms with Crippen molar-refractivity contribution in [2.45, 2.75) is 43.7 Å². The molecule has 3 amide bonds. The molecule has 2 saturated heterocycles. The topological polar surface area (TPSA) is 172 Å². The number of hydrogen-bond acceptors (Lipinski definition) is 10. The molecule has 0 aromatic heterocycles. The molecule has 40 heavy (non-hydrogen) atoms. The van der Waals surface area contributed by atoms with Gasteiger partial charge in [-0.1, -0.05) is 32.2 Å². The van der Waals surface area contributed by atoms with E-state index in [1.165, 1.54) is 40.6 Å². The first-order valence-electron chi connectivity index (χ1n) is 12.8. The molecule has 3 aliphatic rings. The standard InChI is InChI=1S/C25H36N4O9S2/c1-6-10-37-24(33)20-21(14(3)19-18(15(4)30)23(32)29(19)20)39-16-12-17(28(13-16)25(34)38-11-7-2)22(31)26-8-9-27-40(5,35)36/h6-7,14-19,27,30H,1-2,8-13H2,3-5H3,(H,26,31)/t14-,15-,16+,17+,18?,19?/m1/s1. The lowest BCUT2D eigenvalue weighted by Gasteiger charge is -2.46. The number of sulfonamides is 1. The monoisotopic (exact) mass is 600 g/mol. The van der Waals surface area contributed by atoms with Crippen molar-refractivity contribution in [3.8, 4) is 0 Å². The minimum Gasteiger partial charge on any atom is -0.457 e. The van der Waals surface area contributed by atoms with E-state index in [0.717, 1.165) is 6.26 Å². The van der Waals surface area contributed by atoms with Crippen LogP contribution in [-0.2, 0) is 33.9 Å². The number of nitrogens with one attached hydrogen (secondary N) is 2. The Morgan fingerprint density at radius 1 is 1.20 bits per heavy atom. The van der Waals surface area contributed by atoms with Gasteiger partial charge < -0.3 is 24.8 Å². The zero-order valence-corrected chi connectivity index (χ0v) is 24.3. The van der Waals surface area contributed by atoms with Crippen molar-refractivity contribution in [2.75, 3.05) is 39.1 Å². The first-order chi connectivity index (χ1) is 18.8. The van der Waals surface area contributed by atoms with Crippen molar-refractivity contribution >= 4 is 45.7 Å². The summed E-state index contributed by atoms with van der Waals surface area (Å²) in [5, 5.41) is 12.5. The summed E-state index contributed by atoms with van der Waals surface area (Å²) in [5.74, 6) is -2.51. The second-order valence-electron chi connectivity index (χ2n) is 9.82. The number of rotatable bonds is 13. The van der Waals surface area contributed by atoms with Gasteiger partial charge in [-0.15, -0.1) is 11.8 Å². The van der Waals surface area contributed by atoms with Crippen LogP contribution in [0.15, 0.2) is 35.9 Å². The minimum atomic E-state index is -3.43. The van der Waals surface area contributed by atoms with Crippen LogP contribution < -0.4 is 10.0 Å². The Morgan fingerprint density at radius 3 is 2.45 bits per heavy atom. The number of carbonyl (C=O) groups is 4. The van der Waals surface area contributed by atoms with Crippen LogP contribution >= 0.6 is 11.8 Å². The normalized spacial score (nSPS) is 26.6.